The van der Waals surface area contributed by atoms with Crippen molar-refractivity contribution in [2.45, 2.75) is 50.8 Å². The topological polar surface area (TPSA) is 88.0 Å². The van der Waals surface area contributed by atoms with Gasteiger partial charge >= 0.3 is 0 Å². The first kappa shape index (κ1) is 30.5. The van der Waals surface area contributed by atoms with Crippen LogP contribution in [0.25, 0.3) is 21.5 Å². The van der Waals surface area contributed by atoms with E-state index >= 15 is 0 Å². The number of hydrogen-bond acceptors (Lipinski definition) is 4. The summed E-state index contributed by atoms with van der Waals surface area (Å²) < 4.78 is 6.71. The second kappa shape index (κ2) is 11.0. The molecule has 8 nitrogen and oxygen atoms in total. The fraction of sp³-hybridized carbons (Fsp3) is 0.258. The second-order valence-electron chi connectivity index (χ2n) is 10.9. The van der Waals surface area contributed by atoms with Gasteiger partial charge in [-0.15, -0.1) is 0 Å². The standard InChI is InChI=1S/C30H28N4O4P2.CH3.Pd/c1-17-31-27(35)21-11-5-6-12-22(21)28(36)32(31)18(2)39(17)25-15-9-10-16-26(25)40-19(3)33-29(37)23-13-7-8-14-24(23)30(38)34(33)20(40)4;;/h5-20H,1-4H3;1H3;/q;-1;/p+2/t17-,18?,19-,20?,39?,40?;;/m0../s1. The first-order chi connectivity index (χ1) is 19.2. The van der Waals surface area contributed by atoms with Gasteiger partial charge in [0.1, 0.15) is 10.6 Å². The van der Waals surface area contributed by atoms with Gasteiger partial charge in [-0.3, -0.25) is 19.2 Å². The van der Waals surface area contributed by atoms with Crippen LogP contribution in [0.2, 0.25) is 0 Å². The maximum absolute atomic E-state index is 13.6. The number of fused-ring (bicyclic) bond motifs is 4. The van der Waals surface area contributed by atoms with E-state index in [4.69, 9.17) is 0 Å². The largest absolute Gasteiger partial charge is 0.358 e. The van der Waals surface area contributed by atoms with Gasteiger partial charge in [0.15, 0.2) is 23.1 Å². The molecule has 6 atom stereocenters. The van der Waals surface area contributed by atoms with Gasteiger partial charge in [-0.1, -0.05) is 36.4 Å². The second-order valence-corrected chi connectivity index (χ2v) is 17.1. The molecule has 4 unspecified atom stereocenters. The van der Waals surface area contributed by atoms with E-state index in [0.29, 0.717) is 21.5 Å². The Kier molecular flexibility index (Phi) is 7.96. The van der Waals surface area contributed by atoms with Crippen LogP contribution in [0.15, 0.2) is 92.0 Å². The van der Waals surface area contributed by atoms with Crippen LogP contribution in [-0.4, -0.2) is 18.7 Å². The molecule has 42 heavy (non-hydrogen) atoms. The van der Waals surface area contributed by atoms with Crippen molar-refractivity contribution in [3.63, 3.8) is 0 Å². The van der Waals surface area contributed by atoms with Crippen LogP contribution in [0.4, 0.5) is 0 Å². The van der Waals surface area contributed by atoms with E-state index in [9.17, 15) is 19.2 Å². The van der Waals surface area contributed by atoms with E-state index in [1.165, 1.54) is 10.6 Å². The van der Waals surface area contributed by atoms with Gasteiger partial charge in [0.2, 0.25) is 0 Å². The molecule has 3 aromatic carbocycles. The van der Waals surface area contributed by atoms with Crippen LogP contribution in [0, 0.1) is 7.43 Å². The van der Waals surface area contributed by atoms with Crippen molar-refractivity contribution >= 4 is 48.0 Å². The molecule has 0 saturated heterocycles. The van der Waals surface area contributed by atoms with Gasteiger partial charge in [0.05, 0.1) is 37.4 Å². The minimum atomic E-state index is -1.50. The predicted molar refractivity (Wildman–Crippen MR) is 173 cm³/mol. The third kappa shape index (κ3) is 3.98. The Morgan fingerprint density at radius 1 is 0.452 bits per heavy atom. The first-order valence-corrected chi connectivity index (χ1v) is 16.9. The Bertz CT molecular complexity index is 1840. The Balaban J connectivity index is 0.00000176. The van der Waals surface area contributed by atoms with E-state index < -0.39 is 15.8 Å². The normalized spacial score (nSPS) is 24.2. The first-order valence-electron chi connectivity index (χ1n) is 13.6. The van der Waals surface area contributed by atoms with Crippen LogP contribution < -0.4 is 32.8 Å². The quantitative estimate of drug-likeness (QED) is 0.157. The molecular weight excluding hydrogens is 661 g/mol. The Morgan fingerprint density at radius 3 is 0.905 bits per heavy atom. The average Bonchev–Trinajstić information content (AvgIpc) is 3.39. The number of benzene rings is 3. The van der Waals surface area contributed by atoms with Crippen molar-refractivity contribution in [3.05, 3.63) is 122 Å². The zero-order valence-corrected chi connectivity index (χ0v) is 27.5. The molecule has 7 rings (SSSR count). The summed E-state index contributed by atoms with van der Waals surface area (Å²) in [7, 11) is -3.01. The molecule has 0 radical (unpaired) electrons. The molecule has 0 bridgehead atoms. The number of nitrogens with zero attached hydrogens (tertiary/aromatic N) is 4. The van der Waals surface area contributed by atoms with E-state index in [1.54, 1.807) is 67.3 Å². The van der Waals surface area contributed by atoms with Crippen molar-refractivity contribution < 1.29 is 20.4 Å². The molecule has 11 heteroatoms. The minimum absolute atomic E-state index is 0. The third-order valence-corrected chi connectivity index (χ3v) is 15.8. The Hall–Kier alpha value is -2.94. The molecule has 220 valence electrons. The van der Waals surface area contributed by atoms with Crippen LogP contribution in [0.1, 0.15) is 50.8 Å². The summed E-state index contributed by atoms with van der Waals surface area (Å²) in [6.45, 7) is 8.21. The SMILES string of the molecule is CC1n2c(=O)c3ccccc3c(=O)n2[C@H](C)[PH+]1c1ccccc1[PH+]1C(C)n2c(=O)c3ccccc3c(=O)n2[C@@H]1C.[CH3-].[Pd]. The monoisotopic (exact) mass is 693 g/mol. The van der Waals surface area contributed by atoms with Crippen molar-refractivity contribution in [2.75, 3.05) is 0 Å². The zero-order valence-electron chi connectivity index (χ0n) is 24.0. The molecule has 2 aliphatic rings. The van der Waals surface area contributed by atoms with Crippen LogP contribution in [0.5, 0.6) is 0 Å². The average molecular weight is 694 g/mol. The molecule has 2 aromatic heterocycles. The number of rotatable bonds is 2. The minimum Gasteiger partial charge on any atom is -0.358 e. The van der Waals surface area contributed by atoms with Gasteiger partial charge in [-0.2, -0.15) is 0 Å². The summed E-state index contributed by atoms with van der Waals surface area (Å²) in [5, 5.41) is 4.15. The van der Waals surface area contributed by atoms with Crippen molar-refractivity contribution in [1.29, 1.82) is 0 Å². The van der Waals surface area contributed by atoms with Gasteiger partial charge in [-0.05, 0) is 64.1 Å². The fourth-order valence-electron chi connectivity index (χ4n) is 7.16. The summed E-state index contributed by atoms with van der Waals surface area (Å²) >= 11 is 0. The van der Waals surface area contributed by atoms with Gasteiger partial charge < -0.3 is 7.43 Å². The summed E-state index contributed by atoms with van der Waals surface area (Å²) in [6, 6.07) is 22.4. The Morgan fingerprint density at radius 2 is 0.667 bits per heavy atom. The van der Waals surface area contributed by atoms with Crippen molar-refractivity contribution in [2.24, 2.45) is 0 Å². The van der Waals surface area contributed by atoms with Crippen LogP contribution in [-0.2, 0) is 20.4 Å². The smallest absolute Gasteiger partial charge is 0.276 e. The van der Waals surface area contributed by atoms with E-state index in [0.717, 1.165) is 0 Å². The summed E-state index contributed by atoms with van der Waals surface area (Å²) in [6.07, 6.45) is 0. The molecule has 0 aliphatic carbocycles. The van der Waals surface area contributed by atoms with E-state index in [1.807, 2.05) is 12.1 Å². The summed E-state index contributed by atoms with van der Waals surface area (Å²) in [5.74, 6) is -0.626. The maximum atomic E-state index is 13.6. The molecule has 5 aromatic rings. The van der Waals surface area contributed by atoms with E-state index in [-0.39, 0.29) is 73.2 Å². The van der Waals surface area contributed by atoms with Gasteiger partial charge in [0.25, 0.3) is 22.2 Å². The molecule has 0 saturated carbocycles. The fourth-order valence-corrected chi connectivity index (χ4v) is 14.6. The summed E-state index contributed by atoms with van der Waals surface area (Å²) in [5.41, 5.74) is -0.553. The van der Waals surface area contributed by atoms with E-state index in [2.05, 4.69) is 39.8 Å². The predicted octanol–water partition coefficient (Wildman–Crippen LogP) is 4.27. The third-order valence-electron chi connectivity index (χ3n) is 8.89. The molecule has 0 N–H and O–H groups in total. The molecule has 0 fully saturated rings. The number of aromatic nitrogens is 4. The molecule has 2 aliphatic heterocycles. The molecule has 4 heterocycles. The molecular formula is C31H33N4O4P2Pd+. The Labute approximate surface area is 258 Å². The molecule has 0 spiro atoms. The molecule has 0 amide bonds. The summed E-state index contributed by atoms with van der Waals surface area (Å²) in [4.78, 5) is 54.6. The van der Waals surface area contributed by atoms with Crippen molar-refractivity contribution in [1.82, 2.24) is 18.7 Å². The van der Waals surface area contributed by atoms with Crippen LogP contribution >= 0.6 is 15.8 Å². The number of hydrogen-bond donors (Lipinski definition) is 0. The van der Waals surface area contributed by atoms with Crippen molar-refractivity contribution in [3.8, 4) is 0 Å². The van der Waals surface area contributed by atoms with Gasteiger partial charge in [-0.25, -0.2) is 18.7 Å². The van der Waals surface area contributed by atoms with Gasteiger partial charge in [0, 0.05) is 20.4 Å². The maximum Gasteiger partial charge on any atom is 0.276 e. The van der Waals surface area contributed by atoms with Crippen LogP contribution in [0.3, 0.4) is 0 Å². The zero-order chi connectivity index (χ0) is 28.0.